The van der Waals surface area contributed by atoms with Crippen LogP contribution in [0.2, 0.25) is 0 Å². The van der Waals surface area contributed by atoms with Crippen molar-refractivity contribution in [1.82, 2.24) is 0 Å². The highest BCUT2D eigenvalue weighted by atomic mass is 19.2. The van der Waals surface area contributed by atoms with Crippen LogP contribution in [0.4, 0.5) is 17.6 Å². The number of rotatable bonds is 4. The van der Waals surface area contributed by atoms with Gasteiger partial charge in [-0.05, 0) is 27.7 Å². The molecule has 0 amide bonds. The summed E-state index contributed by atoms with van der Waals surface area (Å²) in [7, 11) is 0. The monoisotopic (exact) mass is 307 g/mol. The SMILES string of the molecule is [CH2]c1c(F)c(F)c(COCC(=O)OC(C)(C)C)c(F)c1F. The van der Waals surface area contributed by atoms with E-state index in [2.05, 4.69) is 6.92 Å². The molecule has 0 bridgehead atoms. The third-order valence-corrected chi connectivity index (χ3v) is 2.33. The van der Waals surface area contributed by atoms with E-state index in [0.29, 0.717) is 0 Å². The van der Waals surface area contributed by atoms with Crippen LogP contribution >= 0.6 is 0 Å². The molecule has 0 aromatic heterocycles. The predicted molar refractivity (Wildman–Crippen MR) is 66.2 cm³/mol. The predicted octanol–water partition coefficient (Wildman–Crippen LogP) is 3.28. The summed E-state index contributed by atoms with van der Waals surface area (Å²) in [5, 5.41) is 0. The minimum Gasteiger partial charge on any atom is -0.458 e. The number of esters is 1. The lowest BCUT2D eigenvalue weighted by Crippen LogP contribution is -2.26. The van der Waals surface area contributed by atoms with Crippen molar-refractivity contribution < 1.29 is 31.8 Å². The Hall–Kier alpha value is -1.63. The summed E-state index contributed by atoms with van der Waals surface area (Å²) in [6.07, 6.45) is 0. The van der Waals surface area contributed by atoms with Gasteiger partial charge in [0.1, 0.15) is 12.2 Å². The second-order valence-electron chi connectivity index (χ2n) is 5.29. The average Bonchev–Trinajstić information content (AvgIpc) is 2.36. The second-order valence-corrected chi connectivity index (χ2v) is 5.29. The van der Waals surface area contributed by atoms with E-state index in [1.807, 2.05) is 0 Å². The van der Waals surface area contributed by atoms with Crippen molar-refractivity contribution in [3.05, 3.63) is 41.3 Å². The van der Waals surface area contributed by atoms with Gasteiger partial charge in [-0.1, -0.05) is 0 Å². The Bertz CT molecular complexity index is 521. The molecular weight excluding hydrogens is 292 g/mol. The first-order valence-corrected chi connectivity index (χ1v) is 6.01. The van der Waals surface area contributed by atoms with Gasteiger partial charge in [-0.15, -0.1) is 0 Å². The maximum Gasteiger partial charge on any atom is 0.332 e. The van der Waals surface area contributed by atoms with Crippen LogP contribution in [0.1, 0.15) is 31.9 Å². The lowest BCUT2D eigenvalue weighted by molar-refractivity contribution is -0.160. The fourth-order valence-electron chi connectivity index (χ4n) is 1.46. The number of carbonyl (C=O) groups is 1. The van der Waals surface area contributed by atoms with E-state index >= 15 is 0 Å². The van der Waals surface area contributed by atoms with Gasteiger partial charge in [0.15, 0.2) is 23.3 Å². The van der Waals surface area contributed by atoms with Crippen molar-refractivity contribution in [3.8, 4) is 0 Å². The van der Waals surface area contributed by atoms with Gasteiger partial charge < -0.3 is 9.47 Å². The molecular formula is C14H15F4O3. The summed E-state index contributed by atoms with van der Waals surface area (Å²) in [4.78, 5) is 11.3. The first-order chi connectivity index (χ1) is 9.54. The molecule has 0 heterocycles. The van der Waals surface area contributed by atoms with Gasteiger partial charge in [-0.2, -0.15) is 0 Å². The van der Waals surface area contributed by atoms with E-state index < -0.39 is 59.2 Å². The van der Waals surface area contributed by atoms with Crippen molar-refractivity contribution in [2.45, 2.75) is 33.0 Å². The first-order valence-electron chi connectivity index (χ1n) is 6.01. The fraction of sp³-hybridized carbons (Fsp3) is 0.429. The standard InChI is InChI=1S/C14H15F4O3/c1-7-10(15)12(17)8(13(18)11(7)16)5-20-6-9(19)21-14(2,3)4/h1,5-6H2,2-4H3. The van der Waals surface area contributed by atoms with Gasteiger partial charge in [0.05, 0.1) is 12.2 Å². The topological polar surface area (TPSA) is 35.5 Å². The zero-order chi connectivity index (χ0) is 16.4. The maximum atomic E-state index is 13.5. The molecule has 3 nitrogen and oxygen atoms in total. The van der Waals surface area contributed by atoms with Crippen molar-refractivity contribution in [1.29, 1.82) is 0 Å². The molecule has 0 N–H and O–H groups in total. The zero-order valence-corrected chi connectivity index (χ0v) is 11.9. The minimum atomic E-state index is -1.59. The van der Waals surface area contributed by atoms with Gasteiger partial charge in [0.25, 0.3) is 0 Å². The molecule has 1 aromatic carbocycles. The molecule has 0 saturated heterocycles. The van der Waals surface area contributed by atoms with Crippen LogP contribution < -0.4 is 0 Å². The smallest absolute Gasteiger partial charge is 0.332 e. The van der Waals surface area contributed by atoms with E-state index in [9.17, 15) is 22.4 Å². The molecule has 0 aliphatic rings. The van der Waals surface area contributed by atoms with Crippen LogP contribution in [0.25, 0.3) is 0 Å². The van der Waals surface area contributed by atoms with Gasteiger partial charge in [-0.25, -0.2) is 22.4 Å². The zero-order valence-electron chi connectivity index (χ0n) is 11.9. The maximum absolute atomic E-state index is 13.5. The van der Waals surface area contributed by atoms with Crippen LogP contribution in [0.3, 0.4) is 0 Å². The van der Waals surface area contributed by atoms with Crippen molar-refractivity contribution in [2.75, 3.05) is 6.61 Å². The highest BCUT2D eigenvalue weighted by Crippen LogP contribution is 2.24. The van der Waals surface area contributed by atoms with E-state index in [1.165, 1.54) is 0 Å². The molecule has 117 valence electrons. The van der Waals surface area contributed by atoms with Crippen molar-refractivity contribution in [2.24, 2.45) is 0 Å². The average molecular weight is 307 g/mol. The first kappa shape index (κ1) is 17.4. The Morgan fingerprint density at radius 3 is 1.95 bits per heavy atom. The summed E-state index contributed by atoms with van der Waals surface area (Å²) in [5.41, 5.74) is -2.69. The summed E-state index contributed by atoms with van der Waals surface area (Å²) >= 11 is 0. The van der Waals surface area contributed by atoms with Gasteiger partial charge in [-0.3, -0.25) is 0 Å². The molecule has 1 radical (unpaired) electrons. The molecule has 0 aliphatic carbocycles. The third-order valence-electron chi connectivity index (χ3n) is 2.33. The highest BCUT2D eigenvalue weighted by molar-refractivity contribution is 5.71. The summed E-state index contributed by atoms with van der Waals surface area (Å²) in [6, 6.07) is 0. The summed E-state index contributed by atoms with van der Waals surface area (Å²) in [5.74, 6) is -7.14. The van der Waals surface area contributed by atoms with Crippen LogP contribution in [0, 0.1) is 30.2 Å². The summed E-state index contributed by atoms with van der Waals surface area (Å²) in [6.45, 7) is 6.35. The van der Waals surface area contributed by atoms with E-state index in [4.69, 9.17) is 9.47 Å². The molecule has 7 heteroatoms. The van der Waals surface area contributed by atoms with Crippen LogP contribution in [-0.4, -0.2) is 18.2 Å². The molecule has 1 aromatic rings. The second kappa shape index (κ2) is 6.43. The molecule has 0 unspecified atom stereocenters. The summed E-state index contributed by atoms with van der Waals surface area (Å²) < 4.78 is 63.1. The quantitative estimate of drug-likeness (QED) is 0.486. The Kier molecular flexibility index (Phi) is 5.33. The van der Waals surface area contributed by atoms with Gasteiger partial charge >= 0.3 is 5.97 Å². The molecule has 0 atom stereocenters. The Morgan fingerprint density at radius 1 is 1.05 bits per heavy atom. The number of carbonyl (C=O) groups excluding carboxylic acids is 1. The molecule has 0 saturated carbocycles. The van der Waals surface area contributed by atoms with E-state index in [1.54, 1.807) is 20.8 Å². The molecule has 0 spiro atoms. The van der Waals surface area contributed by atoms with Crippen molar-refractivity contribution >= 4 is 5.97 Å². The number of halogens is 4. The van der Waals surface area contributed by atoms with E-state index in [0.717, 1.165) is 0 Å². The third kappa shape index (κ3) is 4.42. The van der Waals surface area contributed by atoms with E-state index in [-0.39, 0.29) is 0 Å². The number of hydrogen-bond donors (Lipinski definition) is 0. The number of hydrogen-bond acceptors (Lipinski definition) is 3. The minimum absolute atomic E-state index is 0.606. The Labute approximate surface area is 119 Å². The van der Waals surface area contributed by atoms with Gasteiger partial charge in [0.2, 0.25) is 0 Å². The molecule has 21 heavy (non-hydrogen) atoms. The largest absolute Gasteiger partial charge is 0.458 e. The van der Waals surface area contributed by atoms with Gasteiger partial charge in [0, 0.05) is 5.56 Å². The van der Waals surface area contributed by atoms with Crippen LogP contribution in [0.5, 0.6) is 0 Å². The fourth-order valence-corrected chi connectivity index (χ4v) is 1.46. The number of benzene rings is 1. The lowest BCUT2D eigenvalue weighted by atomic mass is 10.1. The highest BCUT2D eigenvalue weighted by Gasteiger charge is 2.23. The lowest BCUT2D eigenvalue weighted by Gasteiger charge is -2.19. The molecule has 0 aliphatic heterocycles. The Morgan fingerprint density at radius 2 is 1.52 bits per heavy atom. The van der Waals surface area contributed by atoms with Crippen LogP contribution in [-0.2, 0) is 20.9 Å². The van der Waals surface area contributed by atoms with Crippen molar-refractivity contribution in [3.63, 3.8) is 0 Å². The Balaban J connectivity index is 2.75. The molecule has 0 fully saturated rings. The number of ether oxygens (including phenoxy) is 2. The normalized spacial score (nSPS) is 11.6. The molecule has 1 rings (SSSR count). The van der Waals surface area contributed by atoms with Crippen LogP contribution in [0.15, 0.2) is 0 Å².